The summed E-state index contributed by atoms with van der Waals surface area (Å²) >= 11 is 0. The molecule has 7 nitrogen and oxygen atoms in total. The van der Waals surface area contributed by atoms with Gasteiger partial charge >= 0.3 is 12.0 Å². The van der Waals surface area contributed by atoms with Crippen molar-refractivity contribution in [2.45, 2.75) is 45.8 Å². The topological polar surface area (TPSA) is 75.9 Å². The van der Waals surface area contributed by atoms with Crippen LogP contribution in [0.3, 0.4) is 0 Å². The van der Waals surface area contributed by atoms with Crippen LogP contribution in [-0.4, -0.2) is 41.9 Å². The maximum atomic E-state index is 12.4. The second-order valence-electron chi connectivity index (χ2n) is 6.23. The van der Waals surface area contributed by atoms with Crippen molar-refractivity contribution in [2.75, 3.05) is 18.5 Å². The number of anilines is 1. The van der Waals surface area contributed by atoms with E-state index in [9.17, 15) is 9.59 Å². The summed E-state index contributed by atoms with van der Waals surface area (Å²) in [5.74, 6) is 0.602. The Morgan fingerprint density at radius 2 is 2.14 bits per heavy atom. The normalized spacial score (nSPS) is 19.9. The lowest BCUT2D eigenvalue weighted by Gasteiger charge is -2.37. The van der Waals surface area contributed by atoms with Crippen molar-refractivity contribution < 1.29 is 18.8 Å². The molecule has 0 saturated carbocycles. The number of hydrogen-bond donors (Lipinski definition) is 0. The molecule has 1 aromatic rings. The van der Waals surface area contributed by atoms with E-state index in [0.29, 0.717) is 24.5 Å². The van der Waals surface area contributed by atoms with Crippen LogP contribution in [0.5, 0.6) is 0 Å². The summed E-state index contributed by atoms with van der Waals surface area (Å²) in [6.07, 6.45) is -0.122. The standard InChI is InChI=1S/C14H21N3O4/c1-9(18)20-12-6-7-16(5)13(19)17(12)11-8-10(21-15-11)14(2,3)4/h8,12H,6-7H2,1-5H3. The molecule has 1 saturated heterocycles. The van der Waals surface area contributed by atoms with E-state index in [0.717, 1.165) is 0 Å². The van der Waals surface area contributed by atoms with Crippen molar-refractivity contribution >= 4 is 17.8 Å². The fraction of sp³-hybridized carbons (Fsp3) is 0.643. The van der Waals surface area contributed by atoms with Gasteiger partial charge in [-0.05, 0) is 0 Å². The van der Waals surface area contributed by atoms with Crippen molar-refractivity contribution in [1.29, 1.82) is 0 Å². The Kier molecular flexibility index (Phi) is 3.93. The summed E-state index contributed by atoms with van der Waals surface area (Å²) in [4.78, 5) is 26.5. The van der Waals surface area contributed by atoms with Gasteiger partial charge in [0, 0.05) is 38.4 Å². The number of amides is 2. The quantitative estimate of drug-likeness (QED) is 0.781. The lowest BCUT2D eigenvalue weighted by atomic mass is 9.93. The largest absolute Gasteiger partial charge is 0.441 e. The smallest absolute Gasteiger partial charge is 0.328 e. The van der Waals surface area contributed by atoms with Gasteiger partial charge in [0.1, 0.15) is 5.76 Å². The Labute approximate surface area is 123 Å². The highest BCUT2D eigenvalue weighted by Crippen LogP contribution is 2.29. The van der Waals surface area contributed by atoms with Crippen molar-refractivity contribution in [3.05, 3.63) is 11.8 Å². The van der Waals surface area contributed by atoms with Gasteiger partial charge in [-0.1, -0.05) is 25.9 Å². The van der Waals surface area contributed by atoms with Crippen molar-refractivity contribution in [3.63, 3.8) is 0 Å². The molecule has 7 heteroatoms. The molecule has 1 unspecified atom stereocenters. The average molecular weight is 295 g/mol. The third kappa shape index (κ3) is 3.17. The first kappa shape index (κ1) is 15.3. The lowest BCUT2D eigenvalue weighted by molar-refractivity contribution is -0.146. The van der Waals surface area contributed by atoms with E-state index in [1.54, 1.807) is 18.0 Å². The number of ether oxygens (including phenoxy) is 1. The lowest BCUT2D eigenvalue weighted by Crippen LogP contribution is -2.54. The van der Waals surface area contributed by atoms with Crippen LogP contribution >= 0.6 is 0 Å². The molecule has 2 rings (SSSR count). The minimum Gasteiger partial charge on any atom is -0.441 e. The van der Waals surface area contributed by atoms with E-state index in [-0.39, 0.29) is 11.4 Å². The Hall–Kier alpha value is -2.05. The molecule has 0 bridgehead atoms. The number of carbonyl (C=O) groups excluding carboxylic acids is 2. The summed E-state index contributed by atoms with van der Waals surface area (Å²) in [6.45, 7) is 7.82. The molecular weight excluding hydrogens is 274 g/mol. The van der Waals surface area contributed by atoms with Gasteiger partial charge in [0.2, 0.25) is 0 Å². The zero-order valence-corrected chi connectivity index (χ0v) is 13.0. The van der Waals surface area contributed by atoms with Gasteiger partial charge in [-0.25, -0.2) is 9.69 Å². The van der Waals surface area contributed by atoms with E-state index in [2.05, 4.69) is 5.16 Å². The zero-order valence-electron chi connectivity index (χ0n) is 13.0. The second-order valence-corrected chi connectivity index (χ2v) is 6.23. The monoisotopic (exact) mass is 295 g/mol. The van der Waals surface area contributed by atoms with E-state index in [1.807, 2.05) is 20.8 Å². The summed E-state index contributed by atoms with van der Waals surface area (Å²) in [7, 11) is 1.70. The molecule has 116 valence electrons. The van der Waals surface area contributed by atoms with Gasteiger partial charge < -0.3 is 14.2 Å². The van der Waals surface area contributed by atoms with Crippen LogP contribution in [0.25, 0.3) is 0 Å². The van der Waals surface area contributed by atoms with Crippen molar-refractivity contribution in [3.8, 4) is 0 Å². The maximum Gasteiger partial charge on any atom is 0.328 e. The molecule has 0 aliphatic carbocycles. The number of urea groups is 1. The fourth-order valence-electron chi connectivity index (χ4n) is 2.12. The third-order valence-corrected chi connectivity index (χ3v) is 3.32. The van der Waals surface area contributed by atoms with Crippen LogP contribution in [0.15, 0.2) is 10.6 Å². The van der Waals surface area contributed by atoms with Gasteiger partial charge in [0.15, 0.2) is 12.0 Å². The Bertz CT molecular complexity index is 547. The summed E-state index contributed by atoms with van der Waals surface area (Å²) in [5, 5.41) is 3.96. The fourth-order valence-corrected chi connectivity index (χ4v) is 2.12. The van der Waals surface area contributed by atoms with Gasteiger partial charge in [-0.2, -0.15) is 0 Å². The summed E-state index contributed by atoms with van der Waals surface area (Å²) < 4.78 is 10.5. The molecule has 2 amide bonds. The highest BCUT2D eigenvalue weighted by molar-refractivity contribution is 5.92. The molecule has 0 N–H and O–H groups in total. The average Bonchev–Trinajstić information content (AvgIpc) is 2.82. The predicted molar refractivity (Wildman–Crippen MR) is 75.9 cm³/mol. The molecule has 1 aliphatic rings. The highest BCUT2D eigenvalue weighted by Gasteiger charge is 2.37. The van der Waals surface area contributed by atoms with Crippen LogP contribution in [0.4, 0.5) is 10.6 Å². The highest BCUT2D eigenvalue weighted by atomic mass is 16.6. The van der Waals surface area contributed by atoms with Crippen LogP contribution in [-0.2, 0) is 14.9 Å². The number of carbonyl (C=O) groups is 2. The Balaban J connectivity index is 2.33. The van der Waals surface area contributed by atoms with Gasteiger partial charge in [0.05, 0.1) is 0 Å². The Morgan fingerprint density at radius 1 is 1.48 bits per heavy atom. The van der Waals surface area contributed by atoms with E-state index >= 15 is 0 Å². The zero-order chi connectivity index (χ0) is 15.8. The van der Waals surface area contributed by atoms with Crippen molar-refractivity contribution in [1.82, 2.24) is 10.1 Å². The summed E-state index contributed by atoms with van der Waals surface area (Å²) in [5.41, 5.74) is -0.215. The molecule has 1 aromatic heterocycles. The Morgan fingerprint density at radius 3 is 2.67 bits per heavy atom. The molecule has 2 heterocycles. The molecule has 1 atom stereocenters. The van der Waals surface area contributed by atoms with Crippen LogP contribution < -0.4 is 4.90 Å². The second kappa shape index (κ2) is 5.38. The first-order valence-electron chi connectivity index (χ1n) is 6.89. The molecule has 1 fully saturated rings. The maximum absolute atomic E-state index is 12.4. The number of aromatic nitrogens is 1. The SMILES string of the molecule is CC(=O)OC1CCN(C)C(=O)N1c1cc(C(C)(C)C)on1. The first-order chi connectivity index (χ1) is 9.70. The van der Waals surface area contributed by atoms with Crippen molar-refractivity contribution in [2.24, 2.45) is 0 Å². The minimum absolute atomic E-state index is 0.215. The first-order valence-corrected chi connectivity index (χ1v) is 6.89. The van der Waals surface area contributed by atoms with Crippen LogP contribution in [0.1, 0.15) is 39.9 Å². The number of hydrogen-bond acceptors (Lipinski definition) is 5. The predicted octanol–water partition coefficient (Wildman–Crippen LogP) is 2.12. The van der Waals surface area contributed by atoms with Gasteiger partial charge in [-0.15, -0.1) is 0 Å². The van der Waals surface area contributed by atoms with E-state index in [4.69, 9.17) is 9.26 Å². The minimum atomic E-state index is -0.649. The third-order valence-electron chi connectivity index (χ3n) is 3.32. The van der Waals surface area contributed by atoms with Gasteiger partial charge in [-0.3, -0.25) is 4.79 Å². The van der Waals surface area contributed by atoms with Crippen LogP contribution in [0, 0.1) is 0 Å². The molecular formula is C14H21N3O4. The molecule has 0 aromatic carbocycles. The van der Waals surface area contributed by atoms with E-state index in [1.165, 1.54) is 11.8 Å². The molecule has 1 aliphatic heterocycles. The van der Waals surface area contributed by atoms with Crippen LogP contribution in [0.2, 0.25) is 0 Å². The van der Waals surface area contributed by atoms with E-state index < -0.39 is 12.2 Å². The van der Waals surface area contributed by atoms with Gasteiger partial charge in [0.25, 0.3) is 0 Å². The summed E-state index contributed by atoms with van der Waals surface area (Å²) in [6, 6.07) is 1.45. The molecule has 0 radical (unpaired) electrons. The molecule has 21 heavy (non-hydrogen) atoms. The number of nitrogens with zero attached hydrogens (tertiary/aromatic N) is 3. The number of esters is 1. The number of rotatable bonds is 2. The molecule has 0 spiro atoms.